The van der Waals surface area contributed by atoms with E-state index in [1.165, 1.54) is 12.1 Å². The van der Waals surface area contributed by atoms with Gasteiger partial charge in [0.15, 0.2) is 9.84 Å². The molecule has 0 amide bonds. The van der Waals surface area contributed by atoms with E-state index in [0.717, 1.165) is 11.6 Å². The highest BCUT2D eigenvalue weighted by atomic mass is 32.2. The van der Waals surface area contributed by atoms with Crippen molar-refractivity contribution in [2.75, 3.05) is 11.5 Å². The van der Waals surface area contributed by atoms with Crippen LogP contribution in [-0.2, 0) is 16.3 Å². The van der Waals surface area contributed by atoms with Crippen LogP contribution in [-0.4, -0.2) is 20.3 Å². The van der Waals surface area contributed by atoms with Crippen molar-refractivity contribution in [1.29, 1.82) is 0 Å². The number of ether oxygens (including phenoxy) is 1. The number of anilines is 1. The van der Waals surface area contributed by atoms with Gasteiger partial charge >= 0.3 is 0 Å². The normalized spacial score (nSPS) is 17.3. The SMILES string of the molecule is Nc1ccc(S(=O)(=O)CC2Cc3ccccc3O2)c(F)c1. The fourth-order valence-electron chi connectivity index (χ4n) is 2.45. The lowest BCUT2D eigenvalue weighted by molar-refractivity contribution is 0.256. The summed E-state index contributed by atoms with van der Waals surface area (Å²) in [5.41, 5.74) is 6.59. The average molecular weight is 307 g/mol. The lowest BCUT2D eigenvalue weighted by Crippen LogP contribution is -2.25. The molecule has 0 radical (unpaired) electrons. The lowest BCUT2D eigenvalue weighted by Gasteiger charge is -2.12. The van der Waals surface area contributed by atoms with Gasteiger partial charge in [0.2, 0.25) is 0 Å². The molecule has 0 saturated heterocycles. The molecule has 0 fully saturated rings. The molecular weight excluding hydrogens is 293 g/mol. The number of halogens is 1. The Kier molecular flexibility index (Phi) is 3.33. The lowest BCUT2D eigenvalue weighted by atomic mass is 10.1. The first-order chi connectivity index (χ1) is 9.95. The van der Waals surface area contributed by atoms with Crippen molar-refractivity contribution in [3.8, 4) is 5.75 Å². The Balaban J connectivity index is 1.82. The van der Waals surface area contributed by atoms with Crippen LogP contribution in [0.3, 0.4) is 0 Å². The van der Waals surface area contributed by atoms with Gasteiger partial charge in [-0.3, -0.25) is 0 Å². The van der Waals surface area contributed by atoms with Crippen LogP contribution in [0.1, 0.15) is 5.56 Å². The fraction of sp³-hybridized carbons (Fsp3) is 0.200. The third kappa shape index (κ3) is 2.71. The molecule has 4 nitrogen and oxygen atoms in total. The largest absolute Gasteiger partial charge is 0.489 e. The molecule has 3 rings (SSSR count). The second-order valence-corrected chi connectivity index (χ2v) is 7.03. The van der Waals surface area contributed by atoms with E-state index in [4.69, 9.17) is 10.5 Å². The van der Waals surface area contributed by atoms with Crippen molar-refractivity contribution in [3.05, 3.63) is 53.8 Å². The maximum absolute atomic E-state index is 13.8. The van der Waals surface area contributed by atoms with Gasteiger partial charge in [0.05, 0.1) is 5.75 Å². The maximum atomic E-state index is 13.8. The molecule has 0 bridgehead atoms. The van der Waals surface area contributed by atoms with Crippen LogP contribution in [0.5, 0.6) is 5.75 Å². The van der Waals surface area contributed by atoms with Crippen molar-refractivity contribution in [3.63, 3.8) is 0 Å². The summed E-state index contributed by atoms with van der Waals surface area (Å²) >= 11 is 0. The first kappa shape index (κ1) is 13.9. The molecule has 1 aliphatic rings. The molecule has 2 aromatic rings. The van der Waals surface area contributed by atoms with Gasteiger partial charge in [-0.15, -0.1) is 0 Å². The van der Waals surface area contributed by atoms with Crippen molar-refractivity contribution in [1.82, 2.24) is 0 Å². The minimum atomic E-state index is -3.76. The first-order valence-electron chi connectivity index (χ1n) is 6.48. The van der Waals surface area contributed by atoms with Gasteiger partial charge in [-0.05, 0) is 29.8 Å². The molecule has 0 saturated carbocycles. The summed E-state index contributed by atoms with van der Waals surface area (Å²) in [6.07, 6.45) is 0.00998. The fourth-order valence-corrected chi connectivity index (χ4v) is 3.94. The van der Waals surface area contributed by atoms with Gasteiger partial charge in [-0.25, -0.2) is 12.8 Å². The van der Waals surface area contributed by atoms with Crippen LogP contribution in [0.2, 0.25) is 0 Å². The van der Waals surface area contributed by atoms with Crippen LogP contribution in [0, 0.1) is 5.82 Å². The van der Waals surface area contributed by atoms with Crippen molar-refractivity contribution >= 4 is 15.5 Å². The Morgan fingerprint density at radius 3 is 2.71 bits per heavy atom. The summed E-state index contributed by atoms with van der Waals surface area (Å²) in [5, 5.41) is 0. The predicted molar refractivity (Wildman–Crippen MR) is 77.4 cm³/mol. The van der Waals surface area contributed by atoms with Crippen LogP contribution < -0.4 is 10.5 Å². The molecule has 1 heterocycles. The molecular formula is C15H14FNO3S. The molecule has 1 atom stereocenters. The number of nitrogens with two attached hydrogens (primary N) is 1. The number of fused-ring (bicyclic) bond motifs is 1. The monoisotopic (exact) mass is 307 g/mol. The van der Waals surface area contributed by atoms with E-state index in [1.54, 1.807) is 6.07 Å². The predicted octanol–water partition coefficient (Wildman–Crippen LogP) is 2.19. The summed E-state index contributed by atoms with van der Waals surface area (Å²) in [4.78, 5) is -0.337. The first-order valence-corrected chi connectivity index (χ1v) is 8.13. The molecule has 21 heavy (non-hydrogen) atoms. The van der Waals surface area contributed by atoms with E-state index in [1.807, 2.05) is 18.2 Å². The number of hydrogen-bond donors (Lipinski definition) is 1. The van der Waals surface area contributed by atoms with Gasteiger partial charge in [0, 0.05) is 12.1 Å². The topological polar surface area (TPSA) is 69.4 Å². The van der Waals surface area contributed by atoms with Crippen LogP contribution in [0.25, 0.3) is 0 Å². The summed E-state index contributed by atoms with van der Waals surface area (Å²) in [7, 11) is -3.76. The number of rotatable bonds is 3. The van der Waals surface area contributed by atoms with E-state index >= 15 is 0 Å². The Hall–Kier alpha value is -2.08. The molecule has 1 unspecified atom stereocenters. The summed E-state index contributed by atoms with van der Waals surface area (Å²) in [6, 6.07) is 11.0. The molecule has 0 aliphatic carbocycles. The number of nitrogen functional groups attached to an aromatic ring is 1. The summed E-state index contributed by atoms with van der Waals surface area (Å²) in [6.45, 7) is 0. The van der Waals surface area contributed by atoms with Gasteiger partial charge in [0.25, 0.3) is 0 Å². The highest BCUT2D eigenvalue weighted by Gasteiger charge is 2.30. The standard InChI is InChI=1S/C15H14FNO3S/c16-13-8-11(17)5-6-15(13)21(18,19)9-12-7-10-3-1-2-4-14(10)20-12/h1-6,8,12H,7,9,17H2. The number of sulfone groups is 1. The van der Waals surface area contributed by atoms with Crippen molar-refractivity contribution in [2.24, 2.45) is 0 Å². The molecule has 0 aromatic heterocycles. The quantitative estimate of drug-likeness (QED) is 0.883. The minimum Gasteiger partial charge on any atom is -0.489 e. The Bertz CT molecular complexity index is 764. The van der Waals surface area contributed by atoms with Gasteiger partial charge in [-0.2, -0.15) is 0 Å². The van der Waals surface area contributed by atoms with E-state index in [2.05, 4.69) is 0 Å². The molecule has 0 spiro atoms. The highest BCUT2D eigenvalue weighted by molar-refractivity contribution is 7.91. The van der Waals surface area contributed by atoms with Gasteiger partial charge < -0.3 is 10.5 Å². The van der Waals surface area contributed by atoms with Crippen LogP contribution >= 0.6 is 0 Å². The zero-order chi connectivity index (χ0) is 15.0. The third-order valence-electron chi connectivity index (χ3n) is 3.41. The Morgan fingerprint density at radius 2 is 2.00 bits per heavy atom. The zero-order valence-electron chi connectivity index (χ0n) is 11.1. The van der Waals surface area contributed by atoms with Crippen LogP contribution in [0.4, 0.5) is 10.1 Å². The van der Waals surface area contributed by atoms with E-state index in [0.29, 0.717) is 12.2 Å². The van der Waals surface area contributed by atoms with Gasteiger partial charge in [0.1, 0.15) is 22.6 Å². The third-order valence-corrected chi connectivity index (χ3v) is 5.22. The molecule has 6 heteroatoms. The minimum absolute atomic E-state index is 0.191. The summed E-state index contributed by atoms with van der Waals surface area (Å²) < 4.78 is 44.0. The molecule has 1 aliphatic heterocycles. The van der Waals surface area contributed by atoms with E-state index < -0.39 is 21.8 Å². The Morgan fingerprint density at radius 1 is 1.24 bits per heavy atom. The van der Waals surface area contributed by atoms with E-state index in [9.17, 15) is 12.8 Å². The maximum Gasteiger partial charge on any atom is 0.184 e. The zero-order valence-corrected chi connectivity index (χ0v) is 11.9. The molecule has 110 valence electrons. The van der Waals surface area contributed by atoms with E-state index in [-0.39, 0.29) is 16.3 Å². The van der Waals surface area contributed by atoms with Gasteiger partial charge in [-0.1, -0.05) is 18.2 Å². The Labute approximate surface area is 122 Å². The van der Waals surface area contributed by atoms with Crippen molar-refractivity contribution < 1.29 is 17.5 Å². The molecule has 2 N–H and O–H groups in total. The van der Waals surface area contributed by atoms with Crippen LogP contribution in [0.15, 0.2) is 47.4 Å². The number of benzene rings is 2. The highest BCUT2D eigenvalue weighted by Crippen LogP contribution is 2.30. The molecule has 2 aromatic carbocycles. The number of para-hydroxylation sites is 1. The number of hydrogen-bond acceptors (Lipinski definition) is 4. The smallest absolute Gasteiger partial charge is 0.184 e. The second-order valence-electron chi connectivity index (χ2n) is 5.02. The summed E-state index contributed by atoms with van der Waals surface area (Å²) in [5.74, 6) is -0.399. The average Bonchev–Trinajstić information content (AvgIpc) is 2.79. The second kappa shape index (κ2) is 5.04. The van der Waals surface area contributed by atoms with Crippen molar-refractivity contribution in [2.45, 2.75) is 17.4 Å².